The van der Waals surface area contributed by atoms with Crippen molar-refractivity contribution >= 4 is 66.7 Å². The molecule has 0 amide bonds. The molecule has 8 aromatic carbocycles. The van der Waals surface area contributed by atoms with Gasteiger partial charge in [0.15, 0.2) is 0 Å². The highest BCUT2D eigenvalue weighted by Crippen LogP contribution is 2.53. The summed E-state index contributed by atoms with van der Waals surface area (Å²) in [5.41, 5.74) is 17.0. The van der Waals surface area contributed by atoms with E-state index in [0.29, 0.717) is 0 Å². The maximum Gasteiger partial charge on any atom is 0.0606 e. The van der Waals surface area contributed by atoms with Gasteiger partial charge in [-0.25, -0.2) is 0 Å². The highest BCUT2D eigenvalue weighted by molar-refractivity contribution is 7.99. The number of benzene rings is 8. The molecule has 10 aromatic rings. The minimum atomic E-state index is -0.0237. The fourth-order valence-corrected chi connectivity index (χ4v) is 10.3. The van der Waals surface area contributed by atoms with E-state index < -0.39 is 0 Å². The molecule has 2 aromatic heterocycles. The average Bonchev–Trinajstić information content (AvgIpc) is 3.78. The third-order valence-electron chi connectivity index (χ3n) is 12.4. The average molecular weight is 794 g/mol. The van der Waals surface area contributed by atoms with Crippen LogP contribution in [0.1, 0.15) is 52.7 Å². The number of rotatable bonds is 4. The van der Waals surface area contributed by atoms with Crippen LogP contribution in [-0.4, -0.2) is 9.13 Å². The summed E-state index contributed by atoms with van der Waals surface area (Å²) < 4.78 is 4.79. The Labute approximate surface area is 356 Å². The number of para-hydroxylation sites is 4. The number of hydrogen-bond acceptors (Lipinski definition) is 2. The van der Waals surface area contributed by atoms with Gasteiger partial charge in [-0.1, -0.05) is 150 Å². The van der Waals surface area contributed by atoms with E-state index in [1.807, 2.05) is 11.8 Å². The summed E-state index contributed by atoms with van der Waals surface area (Å²) in [6, 6.07) is 62.9. The van der Waals surface area contributed by atoms with Crippen LogP contribution in [0.25, 0.3) is 77.2 Å². The van der Waals surface area contributed by atoms with Gasteiger partial charge in [0, 0.05) is 53.8 Å². The first-order chi connectivity index (χ1) is 29.0. The smallest absolute Gasteiger partial charge is 0.0606 e. The van der Waals surface area contributed by atoms with Gasteiger partial charge in [-0.2, -0.15) is 0 Å². The molecule has 60 heavy (non-hydrogen) atoms. The summed E-state index contributed by atoms with van der Waals surface area (Å²) in [6.45, 7) is 13.9. The van der Waals surface area contributed by atoms with E-state index in [0.717, 1.165) is 22.7 Å². The van der Waals surface area contributed by atoms with Crippen molar-refractivity contribution in [1.29, 1.82) is 0 Å². The SMILES string of the molecule is CC(C)(C)c1cc2c(c(-c3ccc(-n4c5ccccc5c5ccccc54)cc3)c1)Nc1c(cc(C(C)(C)C)cc1-c1ccc(-n3c4ccccc4c4ccccc43)cc1)S2. The fourth-order valence-electron chi connectivity index (χ4n) is 9.20. The lowest BCUT2D eigenvalue weighted by Gasteiger charge is -2.31. The van der Waals surface area contributed by atoms with Crippen LogP contribution in [0.3, 0.4) is 0 Å². The van der Waals surface area contributed by atoms with E-state index in [9.17, 15) is 0 Å². The summed E-state index contributed by atoms with van der Waals surface area (Å²) in [5, 5.41) is 9.18. The van der Waals surface area contributed by atoms with Crippen molar-refractivity contribution in [3.05, 3.63) is 181 Å². The Morgan fingerprint density at radius 3 is 1.02 bits per heavy atom. The van der Waals surface area contributed by atoms with Gasteiger partial charge < -0.3 is 14.5 Å². The van der Waals surface area contributed by atoms with Gasteiger partial charge in [-0.15, -0.1) is 0 Å². The Kier molecular flexibility index (Phi) is 8.24. The summed E-state index contributed by atoms with van der Waals surface area (Å²) in [4.78, 5) is 2.52. The number of fused-ring (bicyclic) bond motifs is 8. The van der Waals surface area contributed by atoms with E-state index >= 15 is 0 Å². The monoisotopic (exact) mass is 793 g/mol. The maximum absolute atomic E-state index is 4.08. The van der Waals surface area contributed by atoms with Crippen LogP contribution in [0, 0.1) is 0 Å². The molecule has 0 bridgehead atoms. The zero-order valence-electron chi connectivity index (χ0n) is 35.0. The van der Waals surface area contributed by atoms with E-state index in [2.05, 4.69) is 226 Å². The Hall–Kier alpha value is -6.49. The Morgan fingerprint density at radius 2 is 0.700 bits per heavy atom. The minimum Gasteiger partial charge on any atom is -0.353 e. The third-order valence-corrected chi connectivity index (χ3v) is 13.5. The molecule has 3 heterocycles. The van der Waals surface area contributed by atoms with Crippen molar-refractivity contribution in [3.63, 3.8) is 0 Å². The largest absolute Gasteiger partial charge is 0.353 e. The molecule has 292 valence electrons. The van der Waals surface area contributed by atoms with Crippen LogP contribution in [0.15, 0.2) is 180 Å². The summed E-state index contributed by atoms with van der Waals surface area (Å²) in [7, 11) is 0. The number of nitrogens with zero attached hydrogens (tertiary/aromatic N) is 2. The van der Waals surface area contributed by atoms with E-state index in [4.69, 9.17) is 0 Å². The van der Waals surface area contributed by atoms with Crippen LogP contribution in [0.4, 0.5) is 11.4 Å². The zero-order valence-corrected chi connectivity index (χ0v) is 35.8. The van der Waals surface area contributed by atoms with Gasteiger partial charge in [-0.05, 0) is 106 Å². The maximum atomic E-state index is 4.08. The van der Waals surface area contributed by atoms with Crippen molar-refractivity contribution in [1.82, 2.24) is 9.13 Å². The predicted octanol–water partition coefficient (Wildman–Crippen LogP) is 16.0. The summed E-state index contributed by atoms with van der Waals surface area (Å²) >= 11 is 1.90. The Bertz CT molecular complexity index is 2980. The first kappa shape index (κ1) is 36.6. The lowest BCUT2D eigenvalue weighted by Crippen LogP contribution is -2.15. The van der Waals surface area contributed by atoms with Gasteiger partial charge >= 0.3 is 0 Å². The predicted molar refractivity (Wildman–Crippen MR) is 257 cm³/mol. The van der Waals surface area contributed by atoms with E-state index in [-0.39, 0.29) is 10.8 Å². The van der Waals surface area contributed by atoms with Crippen LogP contribution >= 0.6 is 11.8 Å². The zero-order chi connectivity index (χ0) is 40.9. The Balaban J connectivity index is 1.04. The van der Waals surface area contributed by atoms with Gasteiger partial charge in [0.05, 0.1) is 33.4 Å². The van der Waals surface area contributed by atoms with Crippen molar-refractivity contribution < 1.29 is 0 Å². The molecule has 0 saturated carbocycles. The van der Waals surface area contributed by atoms with Crippen molar-refractivity contribution in [3.8, 4) is 33.6 Å². The molecule has 1 aliphatic heterocycles. The van der Waals surface area contributed by atoms with Crippen molar-refractivity contribution in [2.45, 2.75) is 62.2 Å². The number of nitrogens with one attached hydrogen (secondary N) is 1. The molecule has 0 fully saturated rings. The van der Waals surface area contributed by atoms with Gasteiger partial charge in [0.25, 0.3) is 0 Å². The van der Waals surface area contributed by atoms with Crippen molar-refractivity contribution in [2.75, 3.05) is 5.32 Å². The first-order valence-corrected chi connectivity index (χ1v) is 21.8. The molecule has 0 aliphatic carbocycles. The quantitative estimate of drug-likeness (QED) is 0.192. The van der Waals surface area contributed by atoms with Crippen LogP contribution < -0.4 is 5.32 Å². The van der Waals surface area contributed by atoms with Crippen molar-refractivity contribution in [2.24, 2.45) is 0 Å². The fraction of sp³-hybridized carbons (Fsp3) is 0.143. The van der Waals surface area contributed by atoms with Gasteiger partial charge in [0.2, 0.25) is 0 Å². The Morgan fingerprint density at radius 1 is 0.383 bits per heavy atom. The normalized spacial score (nSPS) is 12.9. The molecule has 1 N–H and O–H groups in total. The van der Waals surface area contributed by atoms with Crippen LogP contribution in [0.5, 0.6) is 0 Å². The second-order valence-corrected chi connectivity index (χ2v) is 19.4. The molecular formula is C56H47N3S. The summed E-state index contributed by atoms with van der Waals surface area (Å²) in [5.74, 6) is 0. The molecule has 0 spiro atoms. The molecule has 1 aliphatic rings. The van der Waals surface area contributed by atoms with Gasteiger partial charge in [0.1, 0.15) is 0 Å². The standard InChI is InChI=1S/C56H47N3S/c1-55(2,3)37-31-45(35-23-27-39(28-24-35)58-47-19-11-7-15-41(47)42-16-8-12-20-48(42)58)53-51(33-37)60-52-34-38(56(4,5)6)32-46(54(52)57-53)36-25-29-40(30-26-36)59-49-21-13-9-17-43(49)44-18-10-14-22-50(44)59/h7-34,57H,1-6H3. The molecule has 0 saturated heterocycles. The molecular weight excluding hydrogens is 747 g/mol. The van der Waals surface area contributed by atoms with E-state index in [1.165, 1.54) is 86.8 Å². The molecule has 0 atom stereocenters. The molecule has 3 nitrogen and oxygen atoms in total. The molecule has 0 unspecified atom stereocenters. The lowest BCUT2D eigenvalue weighted by atomic mass is 9.84. The van der Waals surface area contributed by atoms with Crippen LogP contribution in [0.2, 0.25) is 0 Å². The summed E-state index contributed by atoms with van der Waals surface area (Å²) in [6.07, 6.45) is 0. The third kappa shape index (κ3) is 5.88. The second-order valence-electron chi connectivity index (χ2n) is 18.4. The molecule has 4 heteroatoms. The molecule has 11 rings (SSSR count). The number of anilines is 2. The number of aromatic nitrogens is 2. The second kappa shape index (κ2) is 13.5. The van der Waals surface area contributed by atoms with E-state index in [1.54, 1.807) is 0 Å². The number of hydrogen-bond donors (Lipinski definition) is 1. The minimum absolute atomic E-state index is 0.0237. The lowest BCUT2D eigenvalue weighted by molar-refractivity contribution is 0.589. The van der Waals surface area contributed by atoms with Gasteiger partial charge in [-0.3, -0.25) is 0 Å². The highest BCUT2D eigenvalue weighted by Gasteiger charge is 2.28. The molecule has 0 radical (unpaired) electrons. The first-order valence-electron chi connectivity index (χ1n) is 21.0. The highest BCUT2D eigenvalue weighted by atomic mass is 32.2. The van der Waals surface area contributed by atoms with Crippen LogP contribution in [-0.2, 0) is 10.8 Å². The topological polar surface area (TPSA) is 21.9 Å².